The molecule has 0 bridgehead atoms. The Labute approximate surface area is 106 Å². The van der Waals surface area contributed by atoms with Gasteiger partial charge in [-0.05, 0) is 41.1 Å². The van der Waals surface area contributed by atoms with Crippen LogP contribution in [0.4, 0.5) is 0 Å². The number of nitrogens with zero attached hydrogens (tertiary/aromatic N) is 4. The molecule has 1 aromatic heterocycles. The van der Waals surface area contributed by atoms with Gasteiger partial charge in [0.05, 0.1) is 7.11 Å². The topological polar surface area (TPSA) is 78.8 Å². The lowest BCUT2D eigenvalue weighted by molar-refractivity contribution is 0.410. The highest BCUT2D eigenvalue weighted by Crippen LogP contribution is 2.24. The van der Waals surface area contributed by atoms with E-state index >= 15 is 0 Å². The van der Waals surface area contributed by atoms with Gasteiger partial charge in [0.25, 0.3) is 0 Å². The number of hydrogen-bond acceptors (Lipinski definition) is 5. The quantitative estimate of drug-likeness (QED) is 0.842. The first-order valence-corrected chi connectivity index (χ1v) is 5.94. The van der Waals surface area contributed by atoms with Gasteiger partial charge in [0.2, 0.25) is 0 Å². The van der Waals surface area contributed by atoms with Crippen LogP contribution in [-0.2, 0) is 12.8 Å². The van der Waals surface area contributed by atoms with Crippen molar-refractivity contribution in [2.45, 2.75) is 19.8 Å². The Hall–Kier alpha value is -1.95. The number of hydrogen-bond donors (Lipinski definition) is 1. The predicted octanol–water partition coefficient (Wildman–Crippen LogP) is 0.734. The second-order valence-corrected chi connectivity index (χ2v) is 3.91. The molecular formula is C12H17N5O. The van der Waals surface area contributed by atoms with Gasteiger partial charge in [0.1, 0.15) is 11.4 Å². The molecule has 96 valence electrons. The molecule has 0 aliphatic rings. The van der Waals surface area contributed by atoms with Crippen molar-refractivity contribution in [1.82, 2.24) is 20.2 Å². The maximum Gasteiger partial charge on any atom is 0.158 e. The smallest absolute Gasteiger partial charge is 0.158 e. The zero-order valence-corrected chi connectivity index (χ0v) is 10.6. The number of rotatable bonds is 5. The lowest BCUT2D eigenvalue weighted by Crippen LogP contribution is -2.11. The summed E-state index contributed by atoms with van der Waals surface area (Å²) in [6, 6.07) is 6.01. The van der Waals surface area contributed by atoms with Crippen molar-refractivity contribution in [3.8, 4) is 11.4 Å². The number of aromatic nitrogens is 4. The summed E-state index contributed by atoms with van der Waals surface area (Å²) < 4.78 is 7.04. The molecule has 1 heterocycles. The normalized spacial score (nSPS) is 10.6. The Balaban J connectivity index is 2.50. The van der Waals surface area contributed by atoms with E-state index in [0.29, 0.717) is 13.0 Å². The van der Waals surface area contributed by atoms with Crippen LogP contribution in [0.5, 0.6) is 5.75 Å². The molecule has 0 fully saturated rings. The summed E-state index contributed by atoms with van der Waals surface area (Å²) in [4.78, 5) is 0. The zero-order valence-electron chi connectivity index (χ0n) is 10.6. The molecule has 2 rings (SSSR count). The van der Waals surface area contributed by atoms with Gasteiger partial charge in [0.15, 0.2) is 5.82 Å². The van der Waals surface area contributed by atoms with Crippen molar-refractivity contribution < 1.29 is 4.74 Å². The number of methoxy groups -OCH3 is 1. The summed E-state index contributed by atoms with van der Waals surface area (Å²) in [6.07, 6.45) is 1.58. The van der Waals surface area contributed by atoms with Crippen molar-refractivity contribution in [2.75, 3.05) is 13.7 Å². The van der Waals surface area contributed by atoms with Crippen LogP contribution in [0, 0.1) is 0 Å². The second kappa shape index (κ2) is 5.59. The fraction of sp³-hybridized carbons (Fsp3) is 0.417. The highest BCUT2D eigenvalue weighted by Gasteiger charge is 2.12. The van der Waals surface area contributed by atoms with Gasteiger partial charge in [-0.2, -0.15) is 4.68 Å². The van der Waals surface area contributed by atoms with E-state index in [-0.39, 0.29) is 0 Å². The zero-order chi connectivity index (χ0) is 13.0. The van der Waals surface area contributed by atoms with Gasteiger partial charge >= 0.3 is 0 Å². The standard InChI is InChI=1S/C12H17N5O/c1-3-9-4-5-11(18-2)10(8-9)17-12(6-7-13)14-15-16-17/h4-5,8H,3,6-7,13H2,1-2H3. The van der Waals surface area contributed by atoms with Gasteiger partial charge in [-0.15, -0.1) is 5.10 Å². The predicted molar refractivity (Wildman–Crippen MR) is 67.8 cm³/mol. The van der Waals surface area contributed by atoms with E-state index in [1.807, 2.05) is 18.2 Å². The molecule has 0 aliphatic heterocycles. The van der Waals surface area contributed by atoms with E-state index in [9.17, 15) is 0 Å². The summed E-state index contributed by atoms with van der Waals surface area (Å²) >= 11 is 0. The maximum atomic E-state index is 5.55. The minimum absolute atomic E-state index is 0.510. The fourth-order valence-electron chi connectivity index (χ4n) is 1.80. The average molecular weight is 247 g/mol. The first-order chi connectivity index (χ1) is 8.80. The Morgan fingerprint density at radius 2 is 2.22 bits per heavy atom. The molecule has 0 atom stereocenters. The average Bonchev–Trinajstić information content (AvgIpc) is 2.86. The minimum atomic E-state index is 0.510. The summed E-state index contributed by atoms with van der Waals surface area (Å²) in [6.45, 7) is 2.61. The van der Waals surface area contributed by atoms with Gasteiger partial charge in [0, 0.05) is 6.42 Å². The van der Waals surface area contributed by atoms with Crippen LogP contribution < -0.4 is 10.5 Å². The molecule has 18 heavy (non-hydrogen) atoms. The van der Waals surface area contributed by atoms with E-state index in [4.69, 9.17) is 10.5 Å². The second-order valence-electron chi connectivity index (χ2n) is 3.91. The molecule has 0 amide bonds. The molecule has 6 heteroatoms. The van der Waals surface area contributed by atoms with Crippen molar-refractivity contribution >= 4 is 0 Å². The number of tetrazole rings is 1. The highest BCUT2D eigenvalue weighted by atomic mass is 16.5. The van der Waals surface area contributed by atoms with Crippen LogP contribution in [0.25, 0.3) is 5.69 Å². The minimum Gasteiger partial charge on any atom is -0.494 e. The first kappa shape index (κ1) is 12.5. The lowest BCUT2D eigenvalue weighted by atomic mass is 10.1. The van der Waals surface area contributed by atoms with Crippen LogP contribution in [0.2, 0.25) is 0 Å². The van der Waals surface area contributed by atoms with Crippen molar-refractivity contribution in [2.24, 2.45) is 5.73 Å². The van der Waals surface area contributed by atoms with Crippen LogP contribution in [0.1, 0.15) is 18.3 Å². The van der Waals surface area contributed by atoms with E-state index in [2.05, 4.69) is 22.4 Å². The SMILES string of the molecule is CCc1ccc(OC)c(-n2nnnc2CCN)c1. The summed E-state index contributed by atoms with van der Waals surface area (Å²) in [5, 5.41) is 11.7. The Kier molecular flexibility index (Phi) is 3.88. The third-order valence-corrected chi connectivity index (χ3v) is 2.78. The Morgan fingerprint density at radius 3 is 2.89 bits per heavy atom. The van der Waals surface area contributed by atoms with E-state index in [1.54, 1.807) is 11.8 Å². The van der Waals surface area contributed by atoms with Crippen LogP contribution in [-0.4, -0.2) is 33.9 Å². The molecule has 2 aromatic rings. The number of ether oxygens (including phenoxy) is 1. The number of benzene rings is 1. The fourth-order valence-corrected chi connectivity index (χ4v) is 1.80. The molecule has 0 radical (unpaired) electrons. The Bertz CT molecular complexity index is 523. The lowest BCUT2D eigenvalue weighted by Gasteiger charge is -2.10. The number of nitrogens with two attached hydrogens (primary N) is 1. The summed E-state index contributed by atoms with van der Waals surface area (Å²) in [5.74, 6) is 1.49. The molecule has 0 aliphatic carbocycles. The first-order valence-electron chi connectivity index (χ1n) is 5.94. The molecule has 1 aromatic carbocycles. The van der Waals surface area contributed by atoms with Gasteiger partial charge in [-0.1, -0.05) is 13.0 Å². The summed E-state index contributed by atoms with van der Waals surface area (Å²) in [7, 11) is 1.64. The van der Waals surface area contributed by atoms with Gasteiger partial charge in [-0.25, -0.2) is 0 Å². The monoisotopic (exact) mass is 247 g/mol. The maximum absolute atomic E-state index is 5.55. The third kappa shape index (κ3) is 2.33. The molecule has 0 saturated heterocycles. The van der Waals surface area contributed by atoms with Crippen LogP contribution in [0.3, 0.4) is 0 Å². The van der Waals surface area contributed by atoms with Gasteiger partial charge in [-0.3, -0.25) is 0 Å². The van der Waals surface area contributed by atoms with Crippen molar-refractivity contribution in [3.63, 3.8) is 0 Å². The molecule has 0 unspecified atom stereocenters. The molecule has 0 saturated carbocycles. The molecule has 2 N–H and O–H groups in total. The molecule has 0 spiro atoms. The van der Waals surface area contributed by atoms with E-state index < -0.39 is 0 Å². The molecule has 6 nitrogen and oxygen atoms in total. The van der Waals surface area contributed by atoms with Gasteiger partial charge < -0.3 is 10.5 Å². The van der Waals surface area contributed by atoms with Crippen LogP contribution in [0.15, 0.2) is 18.2 Å². The largest absolute Gasteiger partial charge is 0.494 e. The van der Waals surface area contributed by atoms with Crippen molar-refractivity contribution in [1.29, 1.82) is 0 Å². The van der Waals surface area contributed by atoms with E-state index in [1.165, 1.54) is 5.56 Å². The molecular weight excluding hydrogens is 230 g/mol. The van der Waals surface area contributed by atoms with E-state index in [0.717, 1.165) is 23.7 Å². The highest BCUT2D eigenvalue weighted by molar-refractivity contribution is 5.48. The van der Waals surface area contributed by atoms with Crippen LogP contribution >= 0.6 is 0 Å². The third-order valence-electron chi connectivity index (χ3n) is 2.78. The number of aryl methyl sites for hydroxylation is 1. The Morgan fingerprint density at radius 1 is 1.39 bits per heavy atom. The van der Waals surface area contributed by atoms with Crippen molar-refractivity contribution in [3.05, 3.63) is 29.6 Å². The summed E-state index contributed by atoms with van der Waals surface area (Å²) in [5.41, 5.74) is 7.61.